The number of sulfone groups is 1. The summed E-state index contributed by atoms with van der Waals surface area (Å²) in [5.41, 5.74) is 3.67. The third-order valence-electron chi connectivity index (χ3n) is 5.46. The van der Waals surface area contributed by atoms with E-state index >= 15 is 0 Å². The number of fused-ring (bicyclic) bond motifs is 3. The standard InChI is InChI=1S/C20H22N2O3S/c1-22-11-15-10-21-20(23)18-9-14(5-8-17(18)19(15)12-22)13-3-6-16(7-4-13)26(2,24)25/h3-9,15,19H,10-12H2,1-2H3,(H,21,23)/t15-,19-/m0/s1. The minimum Gasteiger partial charge on any atom is -0.352 e. The summed E-state index contributed by atoms with van der Waals surface area (Å²) in [5.74, 6) is 0.798. The maximum absolute atomic E-state index is 12.6. The summed E-state index contributed by atoms with van der Waals surface area (Å²) in [5, 5.41) is 3.06. The lowest BCUT2D eigenvalue weighted by Crippen LogP contribution is -2.29. The highest BCUT2D eigenvalue weighted by Gasteiger charge is 2.36. The molecule has 1 amide bonds. The van der Waals surface area contributed by atoms with Crippen LogP contribution in [-0.2, 0) is 9.84 Å². The van der Waals surface area contributed by atoms with Crippen molar-refractivity contribution in [2.75, 3.05) is 32.9 Å². The van der Waals surface area contributed by atoms with Gasteiger partial charge >= 0.3 is 0 Å². The number of rotatable bonds is 2. The lowest BCUT2D eigenvalue weighted by Gasteiger charge is -2.17. The van der Waals surface area contributed by atoms with E-state index in [-0.39, 0.29) is 5.91 Å². The predicted octanol–water partition coefficient (Wildman–Crippen LogP) is 2.15. The van der Waals surface area contributed by atoms with Gasteiger partial charge in [0.2, 0.25) is 0 Å². The number of hydrogen-bond acceptors (Lipinski definition) is 4. The first-order valence-corrected chi connectivity index (χ1v) is 10.6. The number of carbonyl (C=O) groups excluding carboxylic acids is 1. The normalized spacial score (nSPS) is 23.1. The highest BCUT2D eigenvalue weighted by Crippen LogP contribution is 2.37. The molecule has 26 heavy (non-hydrogen) atoms. The minimum absolute atomic E-state index is 0.0216. The Bertz CT molecular complexity index is 967. The summed E-state index contributed by atoms with van der Waals surface area (Å²) in [6, 6.07) is 12.8. The molecule has 2 atom stereocenters. The molecule has 2 heterocycles. The van der Waals surface area contributed by atoms with Crippen LogP contribution in [0.2, 0.25) is 0 Å². The van der Waals surface area contributed by atoms with Crippen molar-refractivity contribution in [1.29, 1.82) is 0 Å². The average molecular weight is 370 g/mol. The average Bonchev–Trinajstić information content (AvgIpc) is 2.93. The maximum Gasteiger partial charge on any atom is 0.251 e. The topological polar surface area (TPSA) is 66.5 Å². The van der Waals surface area contributed by atoms with E-state index in [1.807, 2.05) is 12.1 Å². The van der Waals surface area contributed by atoms with Crippen molar-refractivity contribution in [2.24, 2.45) is 5.92 Å². The maximum atomic E-state index is 12.6. The van der Waals surface area contributed by atoms with Gasteiger partial charge in [0.1, 0.15) is 0 Å². The van der Waals surface area contributed by atoms with Gasteiger partial charge in [-0.3, -0.25) is 4.79 Å². The highest BCUT2D eigenvalue weighted by atomic mass is 32.2. The van der Waals surface area contributed by atoms with Crippen molar-refractivity contribution in [1.82, 2.24) is 10.2 Å². The Kier molecular flexibility index (Phi) is 4.12. The molecule has 4 rings (SSSR count). The molecule has 2 aromatic carbocycles. The second-order valence-corrected chi connectivity index (χ2v) is 9.41. The molecule has 0 spiro atoms. The van der Waals surface area contributed by atoms with Crippen LogP contribution in [0, 0.1) is 5.92 Å². The molecule has 1 saturated heterocycles. The fourth-order valence-electron chi connectivity index (χ4n) is 4.12. The van der Waals surface area contributed by atoms with Crippen LogP contribution < -0.4 is 5.32 Å². The second-order valence-electron chi connectivity index (χ2n) is 7.40. The molecule has 0 saturated carbocycles. The van der Waals surface area contributed by atoms with E-state index in [0.717, 1.165) is 35.3 Å². The molecule has 5 nitrogen and oxygen atoms in total. The lowest BCUT2D eigenvalue weighted by atomic mass is 9.86. The van der Waals surface area contributed by atoms with Gasteiger partial charge in [-0.05, 0) is 47.9 Å². The molecule has 0 aromatic heterocycles. The van der Waals surface area contributed by atoms with Gasteiger partial charge < -0.3 is 10.2 Å². The molecule has 2 aliphatic heterocycles. The van der Waals surface area contributed by atoms with Crippen molar-refractivity contribution >= 4 is 15.7 Å². The van der Waals surface area contributed by atoms with Gasteiger partial charge in [-0.15, -0.1) is 0 Å². The van der Waals surface area contributed by atoms with E-state index < -0.39 is 9.84 Å². The molecule has 136 valence electrons. The first-order valence-electron chi connectivity index (χ1n) is 8.74. The summed E-state index contributed by atoms with van der Waals surface area (Å²) >= 11 is 0. The van der Waals surface area contributed by atoms with E-state index in [1.165, 1.54) is 6.26 Å². The Morgan fingerprint density at radius 3 is 2.42 bits per heavy atom. The largest absolute Gasteiger partial charge is 0.352 e. The number of likely N-dealkylation sites (N-methyl/N-ethyl adjacent to an activating group) is 1. The lowest BCUT2D eigenvalue weighted by molar-refractivity contribution is 0.0951. The predicted molar refractivity (Wildman–Crippen MR) is 101 cm³/mol. The van der Waals surface area contributed by atoms with Crippen LogP contribution in [0.4, 0.5) is 0 Å². The fourth-order valence-corrected chi connectivity index (χ4v) is 4.75. The van der Waals surface area contributed by atoms with E-state index in [9.17, 15) is 13.2 Å². The zero-order valence-corrected chi connectivity index (χ0v) is 15.7. The summed E-state index contributed by atoms with van der Waals surface area (Å²) < 4.78 is 23.3. The fraction of sp³-hybridized carbons (Fsp3) is 0.350. The van der Waals surface area contributed by atoms with Crippen molar-refractivity contribution in [3.8, 4) is 11.1 Å². The third kappa shape index (κ3) is 3.04. The molecule has 2 aromatic rings. The monoisotopic (exact) mass is 370 g/mol. The van der Waals surface area contributed by atoms with Crippen LogP contribution in [0.25, 0.3) is 11.1 Å². The van der Waals surface area contributed by atoms with E-state index in [1.54, 1.807) is 24.3 Å². The number of nitrogens with one attached hydrogen (secondary N) is 1. The van der Waals surface area contributed by atoms with Crippen molar-refractivity contribution < 1.29 is 13.2 Å². The Labute approximate surface area is 153 Å². The van der Waals surface area contributed by atoms with Crippen LogP contribution in [0.5, 0.6) is 0 Å². The summed E-state index contributed by atoms with van der Waals surface area (Å²) in [6.07, 6.45) is 1.20. The van der Waals surface area contributed by atoms with Gasteiger partial charge in [0.05, 0.1) is 4.90 Å². The zero-order valence-electron chi connectivity index (χ0n) is 14.9. The van der Waals surface area contributed by atoms with Crippen molar-refractivity contribution in [3.05, 3.63) is 53.6 Å². The molecular formula is C20H22N2O3S. The zero-order chi connectivity index (χ0) is 18.5. The summed E-state index contributed by atoms with van der Waals surface area (Å²) in [4.78, 5) is 15.2. The molecule has 0 aliphatic carbocycles. The molecular weight excluding hydrogens is 348 g/mol. The molecule has 1 fully saturated rings. The molecule has 0 unspecified atom stereocenters. The van der Waals surface area contributed by atoms with Gasteiger partial charge in [-0.1, -0.05) is 24.3 Å². The Balaban J connectivity index is 1.74. The van der Waals surface area contributed by atoms with E-state index in [4.69, 9.17) is 0 Å². The van der Waals surface area contributed by atoms with Crippen LogP contribution in [0.3, 0.4) is 0 Å². The molecule has 0 bridgehead atoms. The van der Waals surface area contributed by atoms with Crippen LogP contribution in [0.15, 0.2) is 47.4 Å². The third-order valence-corrected chi connectivity index (χ3v) is 6.59. The quantitative estimate of drug-likeness (QED) is 0.880. The summed E-state index contributed by atoms with van der Waals surface area (Å²) in [6.45, 7) is 2.68. The molecule has 2 aliphatic rings. The smallest absolute Gasteiger partial charge is 0.251 e. The molecule has 1 N–H and O–H groups in total. The van der Waals surface area contributed by atoms with Crippen LogP contribution in [0.1, 0.15) is 21.8 Å². The number of carbonyl (C=O) groups is 1. The van der Waals surface area contributed by atoms with Crippen molar-refractivity contribution in [3.63, 3.8) is 0 Å². The minimum atomic E-state index is -3.21. The first kappa shape index (κ1) is 17.2. The Morgan fingerprint density at radius 1 is 1.04 bits per heavy atom. The van der Waals surface area contributed by atoms with Gasteiger partial charge in [-0.25, -0.2) is 8.42 Å². The molecule has 0 radical (unpaired) electrons. The van der Waals surface area contributed by atoms with E-state index in [2.05, 4.69) is 23.3 Å². The van der Waals surface area contributed by atoms with Crippen molar-refractivity contribution in [2.45, 2.75) is 10.8 Å². The Hall–Kier alpha value is -2.18. The number of likely N-dealkylation sites (tertiary alicyclic amines) is 1. The first-order chi connectivity index (χ1) is 12.3. The van der Waals surface area contributed by atoms with Crippen LogP contribution in [-0.4, -0.2) is 52.2 Å². The van der Waals surface area contributed by atoms with Gasteiger partial charge in [0, 0.05) is 37.4 Å². The Morgan fingerprint density at radius 2 is 1.73 bits per heavy atom. The van der Waals surface area contributed by atoms with Gasteiger partial charge in [0.15, 0.2) is 9.84 Å². The van der Waals surface area contributed by atoms with Gasteiger partial charge in [-0.2, -0.15) is 0 Å². The van der Waals surface area contributed by atoms with Gasteiger partial charge in [0.25, 0.3) is 5.91 Å². The van der Waals surface area contributed by atoms with Crippen LogP contribution >= 0.6 is 0 Å². The number of nitrogens with zero attached hydrogens (tertiary/aromatic N) is 1. The van der Waals surface area contributed by atoms with E-state index in [0.29, 0.717) is 23.3 Å². The SMILES string of the molecule is CN1C[C@@H]2CNC(=O)c3cc(-c4ccc(S(C)(=O)=O)cc4)ccc3[C@H]2C1. The summed E-state index contributed by atoms with van der Waals surface area (Å²) in [7, 11) is -1.09. The second kappa shape index (κ2) is 6.21. The number of benzene rings is 2. The number of hydrogen-bond donors (Lipinski definition) is 1. The molecule has 6 heteroatoms. The highest BCUT2D eigenvalue weighted by molar-refractivity contribution is 7.90. The number of amides is 1.